The van der Waals surface area contributed by atoms with Crippen molar-refractivity contribution in [3.63, 3.8) is 0 Å². The van der Waals surface area contributed by atoms with Crippen LogP contribution in [0.4, 0.5) is 0 Å². The number of ether oxygens (including phenoxy) is 1. The fourth-order valence-corrected chi connectivity index (χ4v) is 2.54. The molecule has 0 spiro atoms. The predicted molar refractivity (Wildman–Crippen MR) is 87.8 cm³/mol. The van der Waals surface area contributed by atoms with Crippen LogP contribution in [0.5, 0.6) is 5.75 Å². The number of halogens is 1. The fraction of sp³-hybridized carbons (Fsp3) is 0.235. The molecule has 2 aromatic rings. The molecule has 21 heavy (non-hydrogen) atoms. The van der Waals surface area contributed by atoms with Gasteiger partial charge in [0.2, 0.25) is 0 Å². The summed E-state index contributed by atoms with van der Waals surface area (Å²) in [5, 5.41) is 0. The summed E-state index contributed by atoms with van der Waals surface area (Å²) < 4.78 is 6.24. The third-order valence-electron chi connectivity index (χ3n) is 3.33. The number of likely N-dealkylation sites (N-methyl/N-ethyl adjacent to an activating group) is 1. The van der Waals surface area contributed by atoms with Crippen LogP contribution in [0, 0.1) is 0 Å². The van der Waals surface area contributed by atoms with Crippen LogP contribution >= 0.6 is 15.9 Å². The van der Waals surface area contributed by atoms with Crippen LogP contribution < -0.4 is 4.74 Å². The second-order valence-electron chi connectivity index (χ2n) is 4.80. The van der Waals surface area contributed by atoms with Crippen LogP contribution in [0.1, 0.15) is 15.9 Å². The van der Waals surface area contributed by atoms with Gasteiger partial charge < -0.3 is 9.64 Å². The van der Waals surface area contributed by atoms with Crippen molar-refractivity contribution in [3.8, 4) is 5.75 Å². The largest absolute Gasteiger partial charge is 0.496 e. The molecule has 1 amide bonds. The van der Waals surface area contributed by atoms with Gasteiger partial charge >= 0.3 is 0 Å². The molecule has 2 rings (SSSR count). The van der Waals surface area contributed by atoms with E-state index in [0.29, 0.717) is 12.1 Å². The zero-order chi connectivity index (χ0) is 15.2. The van der Waals surface area contributed by atoms with Gasteiger partial charge in [0.1, 0.15) is 5.75 Å². The molecule has 0 saturated heterocycles. The number of hydrogen-bond acceptors (Lipinski definition) is 2. The molecule has 0 radical (unpaired) electrons. The molecule has 0 bridgehead atoms. The third kappa shape index (κ3) is 4.08. The summed E-state index contributed by atoms with van der Waals surface area (Å²) in [5.41, 5.74) is 1.79. The van der Waals surface area contributed by atoms with Gasteiger partial charge in [0.05, 0.1) is 7.11 Å². The highest BCUT2D eigenvalue weighted by Gasteiger charge is 2.12. The lowest BCUT2D eigenvalue weighted by atomic mass is 10.1. The van der Waals surface area contributed by atoms with Crippen LogP contribution in [0.15, 0.2) is 53.0 Å². The normalized spacial score (nSPS) is 10.2. The Balaban J connectivity index is 2.01. The van der Waals surface area contributed by atoms with Gasteiger partial charge in [-0.15, -0.1) is 0 Å². The summed E-state index contributed by atoms with van der Waals surface area (Å²) in [6.07, 6.45) is 0.764. The molecule has 2 aromatic carbocycles. The SMILES string of the molecule is COc1ccccc1CCN(C)C(=O)c1cccc(Br)c1. The van der Waals surface area contributed by atoms with Crippen molar-refractivity contribution in [2.24, 2.45) is 0 Å². The monoisotopic (exact) mass is 347 g/mol. The number of rotatable bonds is 5. The molecule has 3 nitrogen and oxygen atoms in total. The molecule has 0 fully saturated rings. The molecule has 0 heterocycles. The van der Waals surface area contributed by atoms with Gasteiger partial charge in [0.15, 0.2) is 0 Å². The number of amides is 1. The van der Waals surface area contributed by atoms with Crippen LogP contribution in [0.2, 0.25) is 0 Å². The van der Waals surface area contributed by atoms with E-state index < -0.39 is 0 Å². The highest BCUT2D eigenvalue weighted by Crippen LogP contribution is 2.18. The molecule has 0 atom stereocenters. The standard InChI is InChI=1S/C17H18BrNO2/c1-19(17(20)14-7-5-8-15(18)12-14)11-10-13-6-3-4-9-16(13)21-2/h3-9,12H,10-11H2,1-2H3. The van der Waals surface area contributed by atoms with E-state index in [1.54, 1.807) is 12.0 Å². The van der Waals surface area contributed by atoms with Crippen molar-refractivity contribution in [2.75, 3.05) is 20.7 Å². The Morgan fingerprint density at radius 2 is 1.95 bits per heavy atom. The molecule has 110 valence electrons. The summed E-state index contributed by atoms with van der Waals surface area (Å²) in [6, 6.07) is 15.3. The van der Waals surface area contributed by atoms with Gasteiger partial charge in [-0.3, -0.25) is 4.79 Å². The van der Waals surface area contributed by atoms with Crippen LogP contribution in [-0.2, 0) is 6.42 Å². The van der Waals surface area contributed by atoms with Crippen molar-refractivity contribution in [2.45, 2.75) is 6.42 Å². The second-order valence-corrected chi connectivity index (χ2v) is 5.71. The third-order valence-corrected chi connectivity index (χ3v) is 3.82. The predicted octanol–water partition coefficient (Wildman–Crippen LogP) is 3.77. The van der Waals surface area contributed by atoms with E-state index in [-0.39, 0.29) is 5.91 Å². The van der Waals surface area contributed by atoms with E-state index in [1.165, 1.54) is 0 Å². The smallest absolute Gasteiger partial charge is 0.253 e. The Labute approximate surface area is 133 Å². The first-order valence-electron chi connectivity index (χ1n) is 6.74. The maximum absolute atomic E-state index is 12.3. The van der Waals surface area contributed by atoms with Gasteiger partial charge in [-0.1, -0.05) is 40.2 Å². The second kappa shape index (κ2) is 7.27. The molecule has 4 heteroatoms. The summed E-state index contributed by atoms with van der Waals surface area (Å²) in [7, 11) is 3.48. The summed E-state index contributed by atoms with van der Waals surface area (Å²) in [5.74, 6) is 0.881. The molecule has 0 aromatic heterocycles. The Bertz CT molecular complexity index is 628. The van der Waals surface area contributed by atoms with Crippen molar-refractivity contribution >= 4 is 21.8 Å². The fourth-order valence-electron chi connectivity index (χ4n) is 2.14. The molecule has 0 N–H and O–H groups in total. The van der Waals surface area contributed by atoms with Gasteiger partial charge in [-0.2, -0.15) is 0 Å². The van der Waals surface area contributed by atoms with Crippen molar-refractivity contribution in [1.29, 1.82) is 0 Å². The van der Waals surface area contributed by atoms with Gasteiger partial charge in [-0.05, 0) is 36.2 Å². The number of nitrogens with zero attached hydrogens (tertiary/aromatic N) is 1. The Morgan fingerprint density at radius 3 is 2.67 bits per heavy atom. The Kier molecular flexibility index (Phi) is 5.39. The average Bonchev–Trinajstić information content (AvgIpc) is 2.52. The van der Waals surface area contributed by atoms with E-state index in [0.717, 1.165) is 22.2 Å². The minimum Gasteiger partial charge on any atom is -0.496 e. The quantitative estimate of drug-likeness (QED) is 0.823. The van der Waals surface area contributed by atoms with Crippen molar-refractivity contribution in [3.05, 3.63) is 64.1 Å². The van der Waals surface area contributed by atoms with Crippen molar-refractivity contribution in [1.82, 2.24) is 4.90 Å². The molecular weight excluding hydrogens is 330 g/mol. The van der Waals surface area contributed by atoms with Crippen LogP contribution in [0.3, 0.4) is 0 Å². The number of benzene rings is 2. The van der Waals surface area contributed by atoms with Gasteiger partial charge in [0.25, 0.3) is 5.91 Å². The number of hydrogen-bond donors (Lipinski definition) is 0. The number of para-hydroxylation sites is 1. The molecule has 0 aliphatic carbocycles. The molecular formula is C17H18BrNO2. The number of carbonyl (C=O) groups is 1. The number of methoxy groups -OCH3 is 1. The van der Waals surface area contributed by atoms with Crippen molar-refractivity contribution < 1.29 is 9.53 Å². The lowest BCUT2D eigenvalue weighted by Gasteiger charge is -2.18. The summed E-state index contributed by atoms with van der Waals surface area (Å²) in [6.45, 7) is 0.645. The minimum atomic E-state index is 0.0196. The first kappa shape index (κ1) is 15.6. The minimum absolute atomic E-state index is 0.0196. The molecule has 0 aliphatic heterocycles. The zero-order valence-corrected chi connectivity index (χ0v) is 13.8. The summed E-state index contributed by atoms with van der Waals surface area (Å²) in [4.78, 5) is 14.1. The highest BCUT2D eigenvalue weighted by molar-refractivity contribution is 9.10. The lowest BCUT2D eigenvalue weighted by molar-refractivity contribution is 0.0796. The highest BCUT2D eigenvalue weighted by atomic mass is 79.9. The van der Waals surface area contributed by atoms with Crippen LogP contribution in [-0.4, -0.2) is 31.5 Å². The van der Waals surface area contributed by atoms with E-state index in [4.69, 9.17) is 4.74 Å². The lowest BCUT2D eigenvalue weighted by Crippen LogP contribution is -2.28. The maximum Gasteiger partial charge on any atom is 0.253 e. The Morgan fingerprint density at radius 1 is 1.19 bits per heavy atom. The van der Waals surface area contributed by atoms with E-state index in [1.807, 2.05) is 55.6 Å². The van der Waals surface area contributed by atoms with E-state index in [2.05, 4.69) is 15.9 Å². The average molecular weight is 348 g/mol. The zero-order valence-electron chi connectivity index (χ0n) is 12.2. The summed E-state index contributed by atoms with van der Waals surface area (Å²) >= 11 is 3.39. The van der Waals surface area contributed by atoms with E-state index in [9.17, 15) is 4.79 Å². The Hall–Kier alpha value is -1.81. The molecule has 0 saturated carbocycles. The van der Waals surface area contributed by atoms with Gasteiger partial charge in [0, 0.05) is 23.6 Å². The first-order chi connectivity index (χ1) is 10.1. The topological polar surface area (TPSA) is 29.5 Å². The maximum atomic E-state index is 12.3. The van der Waals surface area contributed by atoms with Gasteiger partial charge in [-0.25, -0.2) is 0 Å². The van der Waals surface area contributed by atoms with Crippen LogP contribution in [0.25, 0.3) is 0 Å². The number of carbonyl (C=O) groups excluding carboxylic acids is 1. The molecule has 0 aliphatic rings. The molecule has 0 unspecified atom stereocenters. The van der Waals surface area contributed by atoms with E-state index >= 15 is 0 Å². The first-order valence-corrected chi connectivity index (χ1v) is 7.54.